The van der Waals surface area contributed by atoms with Crippen molar-refractivity contribution < 1.29 is 13.5 Å². The Morgan fingerprint density at radius 1 is 1.35 bits per heavy atom. The molecule has 0 bridgehead atoms. The van der Waals surface area contributed by atoms with Crippen LogP contribution in [-0.4, -0.2) is 42.5 Å². The number of rotatable bonds is 8. The van der Waals surface area contributed by atoms with Gasteiger partial charge >= 0.3 is 0 Å². The lowest BCUT2D eigenvalue weighted by atomic mass is 10.1. The molecule has 7 heteroatoms. The Balaban J connectivity index is 2.93. The van der Waals surface area contributed by atoms with Gasteiger partial charge in [-0.3, -0.25) is 0 Å². The Kier molecular flexibility index (Phi) is 6.54. The van der Waals surface area contributed by atoms with Crippen LogP contribution in [0.1, 0.15) is 18.9 Å². The van der Waals surface area contributed by atoms with Crippen LogP contribution < -0.4 is 5.73 Å². The van der Waals surface area contributed by atoms with Gasteiger partial charge in [0.05, 0.1) is 9.88 Å². The Morgan fingerprint density at radius 2 is 1.95 bits per heavy atom. The van der Waals surface area contributed by atoms with Crippen LogP contribution in [0, 0.1) is 0 Å². The average Bonchev–Trinajstić information content (AvgIpc) is 2.39. The Labute approximate surface area is 125 Å². The topological polar surface area (TPSA) is 83.6 Å². The van der Waals surface area contributed by atoms with Gasteiger partial charge in [-0.1, -0.05) is 31.3 Å². The number of sulfonamides is 1. The molecule has 1 aromatic rings. The van der Waals surface area contributed by atoms with Gasteiger partial charge in [0.25, 0.3) is 0 Å². The van der Waals surface area contributed by atoms with Gasteiger partial charge in [0.1, 0.15) is 0 Å². The lowest BCUT2D eigenvalue weighted by molar-refractivity contribution is 0.271. The highest BCUT2D eigenvalue weighted by molar-refractivity contribution is 7.89. The molecule has 0 aliphatic carbocycles. The van der Waals surface area contributed by atoms with E-state index in [1.165, 1.54) is 4.31 Å². The fourth-order valence-corrected chi connectivity index (χ4v) is 3.48. The van der Waals surface area contributed by atoms with Crippen molar-refractivity contribution in [2.24, 2.45) is 5.73 Å². The predicted molar refractivity (Wildman–Crippen MR) is 83.1 cm³/mol. The molecular weight excluding hydrogens is 296 g/mol. The third-order valence-electron chi connectivity index (χ3n) is 2.86. The van der Waals surface area contributed by atoms with E-state index in [0.717, 1.165) is 5.56 Å². The number of hydrogen-bond donors (Lipinski definition) is 2. The van der Waals surface area contributed by atoms with Crippen molar-refractivity contribution in [1.82, 2.24) is 4.31 Å². The molecule has 0 saturated carbocycles. The molecule has 0 heterocycles. The van der Waals surface area contributed by atoms with Gasteiger partial charge in [0, 0.05) is 26.1 Å². The summed E-state index contributed by atoms with van der Waals surface area (Å²) >= 11 is 4.82. The molecular formula is C13H20N2O3S2. The minimum atomic E-state index is -3.51. The van der Waals surface area contributed by atoms with Crippen LogP contribution >= 0.6 is 12.2 Å². The molecule has 0 saturated heterocycles. The number of nitrogens with two attached hydrogens (primary N) is 1. The van der Waals surface area contributed by atoms with Gasteiger partial charge in [-0.25, -0.2) is 8.42 Å². The zero-order chi connectivity index (χ0) is 15.2. The normalized spacial score (nSPS) is 11.8. The van der Waals surface area contributed by atoms with E-state index >= 15 is 0 Å². The molecule has 3 N–H and O–H groups in total. The largest absolute Gasteiger partial charge is 0.396 e. The smallest absolute Gasteiger partial charge is 0.243 e. The molecule has 0 aromatic heterocycles. The second-order valence-corrected chi connectivity index (χ2v) is 6.82. The lowest BCUT2D eigenvalue weighted by Crippen LogP contribution is -2.32. The molecule has 112 valence electrons. The first-order valence-corrected chi connectivity index (χ1v) is 8.25. The van der Waals surface area contributed by atoms with Gasteiger partial charge in [0.15, 0.2) is 0 Å². The number of benzene rings is 1. The molecule has 20 heavy (non-hydrogen) atoms. The Hall–Kier alpha value is -1.02. The van der Waals surface area contributed by atoms with E-state index in [-0.39, 0.29) is 11.5 Å². The number of nitrogens with zero attached hydrogens (tertiary/aromatic N) is 1. The SMILES string of the molecule is CCN(CCCO)S(=O)(=O)c1ccc(CC(N)=S)cc1. The monoisotopic (exact) mass is 316 g/mol. The number of thiocarbonyl (C=S) groups is 1. The summed E-state index contributed by atoms with van der Waals surface area (Å²) in [6, 6.07) is 6.55. The maximum absolute atomic E-state index is 12.4. The van der Waals surface area contributed by atoms with Crippen LogP contribution in [0.15, 0.2) is 29.2 Å². The fourth-order valence-electron chi connectivity index (χ4n) is 1.82. The second-order valence-electron chi connectivity index (χ2n) is 4.36. The quantitative estimate of drug-likeness (QED) is 0.697. The highest BCUT2D eigenvalue weighted by atomic mass is 32.2. The second kappa shape index (κ2) is 7.68. The first-order chi connectivity index (χ1) is 9.41. The lowest BCUT2D eigenvalue weighted by Gasteiger charge is -2.20. The summed E-state index contributed by atoms with van der Waals surface area (Å²) < 4.78 is 26.1. The van der Waals surface area contributed by atoms with Crippen LogP contribution in [0.4, 0.5) is 0 Å². The highest BCUT2D eigenvalue weighted by Crippen LogP contribution is 2.17. The third-order valence-corrected chi connectivity index (χ3v) is 4.99. The van der Waals surface area contributed by atoms with E-state index in [2.05, 4.69) is 0 Å². The first kappa shape index (κ1) is 17.0. The van der Waals surface area contributed by atoms with Crippen molar-refractivity contribution in [1.29, 1.82) is 0 Å². The van der Waals surface area contributed by atoms with Gasteiger partial charge in [-0.05, 0) is 24.1 Å². The van der Waals surface area contributed by atoms with Crippen molar-refractivity contribution in [2.45, 2.75) is 24.7 Å². The van der Waals surface area contributed by atoms with Gasteiger partial charge < -0.3 is 10.8 Å². The maximum Gasteiger partial charge on any atom is 0.243 e. The summed E-state index contributed by atoms with van der Waals surface area (Å²) in [5.74, 6) is 0. The van der Waals surface area contributed by atoms with Crippen molar-refractivity contribution in [3.05, 3.63) is 29.8 Å². The Bertz CT molecular complexity index is 541. The molecule has 0 fully saturated rings. The van der Waals surface area contributed by atoms with Crippen molar-refractivity contribution in [3.8, 4) is 0 Å². The summed E-state index contributed by atoms with van der Waals surface area (Å²) in [5.41, 5.74) is 6.34. The summed E-state index contributed by atoms with van der Waals surface area (Å²) in [7, 11) is -3.51. The van der Waals surface area contributed by atoms with Gasteiger partial charge in [0.2, 0.25) is 10.0 Å². The summed E-state index contributed by atoms with van der Waals surface area (Å²) in [6.45, 7) is 2.43. The molecule has 0 atom stereocenters. The third kappa shape index (κ3) is 4.52. The molecule has 0 aliphatic rings. The van der Waals surface area contributed by atoms with E-state index < -0.39 is 10.0 Å². The molecule has 0 spiro atoms. The van der Waals surface area contributed by atoms with E-state index in [4.69, 9.17) is 23.1 Å². The first-order valence-electron chi connectivity index (χ1n) is 6.40. The Morgan fingerprint density at radius 3 is 2.40 bits per heavy atom. The predicted octanol–water partition coefficient (Wildman–Crippen LogP) is 0.908. The van der Waals surface area contributed by atoms with Gasteiger partial charge in [-0.2, -0.15) is 4.31 Å². The fraction of sp³-hybridized carbons (Fsp3) is 0.462. The van der Waals surface area contributed by atoms with Crippen molar-refractivity contribution in [3.63, 3.8) is 0 Å². The molecule has 0 amide bonds. The molecule has 0 aliphatic heterocycles. The zero-order valence-corrected chi connectivity index (χ0v) is 13.1. The highest BCUT2D eigenvalue weighted by Gasteiger charge is 2.22. The summed E-state index contributed by atoms with van der Waals surface area (Å²) in [4.78, 5) is 0.614. The summed E-state index contributed by atoms with van der Waals surface area (Å²) in [6.07, 6.45) is 0.879. The minimum Gasteiger partial charge on any atom is -0.396 e. The van der Waals surface area contributed by atoms with Crippen LogP contribution in [0.2, 0.25) is 0 Å². The number of hydrogen-bond acceptors (Lipinski definition) is 4. The average molecular weight is 316 g/mol. The van der Waals surface area contributed by atoms with Crippen LogP contribution in [0.25, 0.3) is 0 Å². The zero-order valence-electron chi connectivity index (χ0n) is 11.4. The molecule has 1 aromatic carbocycles. The van der Waals surface area contributed by atoms with Crippen molar-refractivity contribution in [2.75, 3.05) is 19.7 Å². The van der Waals surface area contributed by atoms with E-state index in [0.29, 0.717) is 30.9 Å². The van der Waals surface area contributed by atoms with Crippen LogP contribution in [-0.2, 0) is 16.4 Å². The molecule has 0 radical (unpaired) electrons. The van der Waals surface area contributed by atoms with E-state index in [1.807, 2.05) is 0 Å². The molecule has 1 rings (SSSR count). The minimum absolute atomic E-state index is 0.0289. The standard InChI is InChI=1S/C13H20N2O3S2/c1-2-15(8-3-9-16)20(17,18)12-6-4-11(5-7-12)10-13(14)19/h4-7,16H,2-3,8-10H2,1H3,(H2,14,19). The van der Waals surface area contributed by atoms with Crippen LogP contribution in [0.3, 0.4) is 0 Å². The van der Waals surface area contributed by atoms with Crippen molar-refractivity contribution >= 4 is 27.2 Å². The van der Waals surface area contributed by atoms with E-state index in [9.17, 15) is 8.42 Å². The molecule has 5 nitrogen and oxygen atoms in total. The van der Waals surface area contributed by atoms with Gasteiger partial charge in [-0.15, -0.1) is 0 Å². The van der Waals surface area contributed by atoms with E-state index in [1.54, 1.807) is 31.2 Å². The van der Waals surface area contributed by atoms with Crippen LogP contribution in [0.5, 0.6) is 0 Å². The summed E-state index contributed by atoms with van der Waals surface area (Å²) in [5, 5.41) is 8.82. The number of aliphatic hydroxyl groups excluding tert-OH is 1. The maximum atomic E-state index is 12.4. The molecule has 0 unspecified atom stereocenters. The number of aliphatic hydroxyl groups is 1.